The third kappa shape index (κ3) is 6.64. The Labute approximate surface area is 226 Å². The molecule has 1 aromatic heterocycles. The number of carbonyl (C=O) groups excluding carboxylic acids is 3. The lowest BCUT2D eigenvalue weighted by Gasteiger charge is -2.08. The van der Waals surface area contributed by atoms with Crippen molar-refractivity contribution in [3.63, 3.8) is 0 Å². The Morgan fingerprint density at radius 1 is 0.895 bits per heavy atom. The number of halogens is 1. The molecule has 190 valence electrons. The minimum absolute atomic E-state index is 0.0444. The highest BCUT2D eigenvalue weighted by Crippen LogP contribution is 2.33. The summed E-state index contributed by atoms with van der Waals surface area (Å²) in [5.41, 5.74) is 2.22. The molecule has 10 heteroatoms. The molecular weight excluding hydrogens is 523 g/mol. The summed E-state index contributed by atoms with van der Waals surface area (Å²) >= 11 is 2.30. The van der Waals surface area contributed by atoms with Crippen molar-refractivity contribution in [1.82, 2.24) is 0 Å². The second-order valence-corrected chi connectivity index (χ2v) is 10.1. The molecule has 3 aromatic carbocycles. The van der Waals surface area contributed by atoms with Crippen molar-refractivity contribution >= 4 is 57.2 Å². The summed E-state index contributed by atoms with van der Waals surface area (Å²) in [6.45, 7) is 1.67. The predicted octanol–water partition coefficient (Wildman–Crippen LogP) is 6.30. The molecule has 0 fully saturated rings. The van der Waals surface area contributed by atoms with Gasteiger partial charge in [0, 0.05) is 21.8 Å². The lowest BCUT2D eigenvalue weighted by molar-refractivity contribution is -0.113. The van der Waals surface area contributed by atoms with Crippen LogP contribution in [0.2, 0.25) is 0 Å². The van der Waals surface area contributed by atoms with Gasteiger partial charge in [-0.25, -0.2) is 4.39 Å². The van der Waals surface area contributed by atoms with E-state index in [0.29, 0.717) is 32.4 Å². The van der Waals surface area contributed by atoms with Gasteiger partial charge in [0.25, 0.3) is 11.8 Å². The number of thiophene rings is 1. The fraction of sp³-hybridized carbons (Fsp3) is 0.0714. The lowest BCUT2D eigenvalue weighted by atomic mass is 10.1. The van der Waals surface area contributed by atoms with Crippen LogP contribution in [0.5, 0.6) is 0 Å². The fourth-order valence-corrected chi connectivity index (χ4v) is 5.27. The Bertz CT molecular complexity index is 1530. The van der Waals surface area contributed by atoms with E-state index in [4.69, 9.17) is 0 Å². The zero-order valence-corrected chi connectivity index (χ0v) is 21.7. The molecule has 0 aliphatic rings. The first-order valence-corrected chi connectivity index (χ1v) is 13.1. The maximum atomic E-state index is 13.1. The molecule has 0 saturated carbocycles. The average Bonchev–Trinajstić information content (AvgIpc) is 3.23. The summed E-state index contributed by atoms with van der Waals surface area (Å²) in [5.74, 6) is -1.46. The van der Waals surface area contributed by atoms with E-state index in [1.165, 1.54) is 36.0 Å². The van der Waals surface area contributed by atoms with Crippen molar-refractivity contribution in [2.75, 3.05) is 21.7 Å². The molecule has 4 rings (SSSR count). The number of amides is 3. The van der Waals surface area contributed by atoms with E-state index in [1.807, 2.05) is 6.07 Å². The summed E-state index contributed by atoms with van der Waals surface area (Å²) in [6.07, 6.45) is 0. The van der Waals surface area contributed by atoms with Gasteiger partial charge in [-0.1, -0.05) is 24.3 Å². The van der Waals surface area contributed by atoms with Crippen LogP contribution >= 0.6 is 23.1 Å². The van der Waals surface area contributed by atoms with Gasteiger partial charge in [0.2, 0.25) is 5.91 Å². The molecule has 4 aromatic rings. The molecule has 7 nitrogen and oxygen atoms in total. The molecule has 3 N–H and O–H groups in total. The van der Waals surface area contributed by atoms with E-state index in [-0.39, 0.29) is 29.0 Å². The summed E-state index contributed by atoms with van der Waals surface area (Å²) in [5, 5.41) is 18.2. The Morgan fingerprint density at radius 3 is 2.29 bits per heavy atom. The highest BCUT2D eigenvalue weighted by molar-refractivity contribution is 8.00. The van der Waals surface area contributed by atoms with Crippen LogP contribution in [0.3, 0.4) is 0 Å². The summed E-state index contributed by atoms with van der Waals surface area (Å²) in [7, 11) is 0. The number of nitriles is 1. The number of nitrogens with one attached hydrogen (secondary N) is 3. The Balaban J connectivity index is 1.37. The number of rotatable bonds is 8. The van der Waals surface area contributed by atoms with Crippen LogP contribution in [-0.2, 0) is 4.79 Å². The van der Waals surface area contributed by atoms with Gasteiger partial charge in [-0.3, -0.25) is 14.4 Å². The van der Waals surface area contributed by atoms with Crippen molar-refractivity contribution in [1.29, 1.82) is 5.26 Å². The van der Waals surface area contributed by atoms with Crippen LogP contribution < -0.4 is 16.0 Å². The van der Waals surface area contributed by atoms with Crippen LogP contribution in [0.4, 0.5) is 20.8 Å². The number of para-hydroxylation sites is 1. The molecule has 3 amide bonds. The number of nitrogens with zero attached hydrogens (tertiary/aromatic N) is 1. The van der Waals surface area contributed by atoms with Crippen molar-refractivity contribution in [3.8, 4) is 6.07 Å². The SMILES string of the molecule is Cc1c(C(=O)Nc2ccccc2)sc(NC(=O)CSc2cccc(NC(=O)c3ccc(F)cc3)c2)c1C#N. The number of benzene rings is 3. The van der Waals surface area contributed by atoms with E-state index in [1.54, 1.807) is 55.5 Å². The van der Waals surface area contributed by atoms with Crippen LogP contribution in [0, 0.1) is 24.1 Å². The standard InChI is InChI=1S/C28H21FN4O3S2/c1-17-23(15-30)28(38-25(17)27(36)31-20-6-3-2-4-7-20)33-24(34)16-37-22-9-5-8-21(14-22)32-26(35)18-10-12-19(29)13-11-18/h2-14H,16H2,1H3,(H,31,36)(H,32,35)(H,33,34). The maximum absolute atomic E-state index is 13.1. The van der Waals surface area contributed by atoms with Gasteiger partial charge >= 0.3 is 0 Å². The second-order valence-electron chi connectivity index (χ2n) is 8.02. The maximum Gasteiger partial charge on any atom is 0.266 e. The first kappa shape index (κ1) is 26.6. The zero-order valence-electron chi connectivity index (χ0n) is 20.1. The molecule has 0 bridgehead atoms. The minimum atomic E-state index is -0.426. The second kappa shape index (κ2) is 12.2. The van der Waals surface area contributed by atoms with Crippen LogP contribution in [0.25, 0.3) is 0 Å². The molecule has 0 atom stereocenters. The number of hydrogen-bond acceptors (Lipinski definition) is 6. The van der Waals surface area contributed by atoms with E-state index in [9.17, 15) is 24.0 Å². The molecular formula is C28H21FN4O3S2. The normalized spacial score (nSPS) is 10.3. The van der Waals surface area contributed by atoms with E-state index >= 15 is 0 Å². The zero-order chi connectivity index (χ0) is 27.1. The van der Waals surface area contributed by atoms with Gasteiger partial charge in [-0.05, 0) is 67.1 Å². The molecule has 0 unspecified atom stereocenters. The van der Waals surface area contributed by atoms with E-state index in [2.05, 4.69) is 22.0 Å². The molecule has 1 heterocycles. The topological polar surface area (TPSA) is 111 Å². The quantitative estimate of drug-likeness (QED) is 0.225. The average molecular weight is 545 g/mol. The first-order valence-electron chi connectivity index (χ1n) is 11.3. The lowest BCUT2D eigenvalue weighted by Crippen LogP contribution is -2.14. The van der Waals surface area contributed by atoms with Gasteiger partial charge in [0.15, 0.2) is 0 Å². The first-order chi connectivity index (χ1) is 18.3. The fourth-order valence-electron chi connectivity index (χ4n) is 3.44. The van der Waals surface area contributed by atoms with Gasteiger partial charge in [-0.2, -0.15) is 5.26 Å². The highest BCUT2D eigenvalue weighted by Gasteiger charge is 2.21. The summed E-state index contributed by atoms with van der Waals surface area (Å²) < 4.78 is 13.1. The molecule has 38 heavy (non-hydrogen) atoms. The van der Waals surface area contributed by atoms with Gasteiger partial charge < -0.3 is 16.0 Å². The summed E-state index contributed by atoms with van der Waals surface area (Å²) in [6, 6.07) is 23.2. The third-order valence-corrected chi connectivity index (χ3v) is 7.52. The predicted molar refractivity (Wildman–Crippen MR) is 148 cm³/mol. The highest BCUT2D eigenvalue weighted by atomic mass is 32.2. The number of hydrogen-bond donors (Lipinski definition) is 3. The van der Waals surface area contributed by atoms with Crippen LogP contribution in [0.15, 0.2) is 83.8 Å². The summed E-state index contributed by atoms with van der Waals surface area (Å²) in [4.78, 5) is 38.9. The third-order valence-electron chi connectivity index (χ3n) is 5.32. The van der Waals surface area contributed by atoms with E-state index in [0.717, 1.165) is 16.2 Å². The molecule has 0 radical (unpaired) electrons. The Kier molecular flexibility index (Phi) is 8.53. The molecule has 0 saturated heterocycles. The Hall–Kier alpha value is -4.46. The number of thioether (sulfide) groups is 1. The van der Waals surface area contributed by atoms with Gasteiger partial charge in [0.05, 0.1) is 16.2 Å². The van der Waals surface area contributed by atoms with Crippen molar-refractivity contribution in [2.45, 2.75) is 11.8 Å². The van der Waals surface area contributed by atoms with Crippen molar-refractivity contribution < 1.29 is 18.8 Å². The largest absolute Gasteiger partial charge is 0.322 e. The van der Waals surface area contributed by atoms with E-state index < -0.39 is 5.82 Å². The van der Waals surface area contributed by atoms with Crippen molar-refractivity contribution in [2.24, 2.45) is 0 Å². The molecule has 0 spiro atoms. The molecule has 0 aliphatic carbocycles. The molecule has 0 aliphatic heterocycles. The van der Waals surface area contributed by atoms with Crippen molar-refractivity contribution in [3.05, 3.63) is 106 Å². The monoisotopic (exact) mass is 544 g/mol. The van der Waals surface area contributed by atoms with Gasteiger partial charge in [0.1, 0.15) is 16.9 Å². The van der Waals surface area contributed by atoms with Crippen LogP contribution in [-0.4, -0.2) is 23.5 Å². The number of anilines is 3. The van der Waals surface area contributed by atoms with Gasteiger partial charge in [-0.15, -0.1) is 23.1 Å². The van der Waals surface area contributed by atoms with Crippen LogP contribution in [0.1, 0.15) is 31.2 Å². The minimum Gasteiger partial charge on any atom is -0.322 e. The Morgan fingerprint density at radius 2 is 1.58 bits per heavy atom. The number of carbonyl (C=O) groups is 3. The smallest absolute Gasteiger partial charge is 0.266 e.